The molecular formula is C51H79N7O10. The van der Waals surface area contributed by atoms with Crippen molar-refractivity contribution in [1.29, 1.82) is 0 Å². The van der Waals surface area contributed by atoms with E-state index in [4.69, 9.17) is 9.47 Å². The maximum atomic E-state index is 14.6. The Bertz CT molecular complexity index is 1980. The molecule has 378 valence electrons. The maximum Gasteiger partial charge on any atom is 0.404 e. The fourth-order valence-corrected chi connectivity index (χ4v) is 9.34. The molecule has 6 N–H and O–H groups in total. The molecule has 0 aromatic heterocycles. The standard InChI is InChI=1S/C51H79N7O10/c1-14-32(6)42(57(11)49(64)41(31(4)5)53-48(63)40(30(2)3)44(51(8,9)10)54-50(65)66)38(67-12)29-39(59)58-27-21-26-37(58)43(68-13)33(7)45(60)52-36(28-34-22-17-15-18-23-34)47(62)56-55-46(61)35-24-19-16-20-25-35/h15-20,22-25,30-33,36-38,40-44,54H,14,21,26-29H2,1-13H3,(H,52,60)(H,53,63)(H,55,61)(H,56,62)(H,65,66)/t32-,33+,36-,37-,38+,40-,41-,42-,43+,44?/m0/s1. The number of hydrogen-bond acceptors (Lipinski definition) is 9. The van der Waals surface area contributed by atoms with Gasteiger partial charge < -0.3 is 40.3 Å². The van der Waals surface area contributed by atoms with Crippen molar-refractivity contribution in [2.45, 2.75) is 144 Å². The van der Waals surface area contributed by atoms with Gasteiger partial charge >= 0.3 is 6.09 Å². The Morgan fingerprint density at radius 1 is 0.794 bits per heavy atom. The topological polar surface area (TPSA) is 225 Å². The predicted molar refractivity (Wildman–Crippen MR) is 260 cm³/mol. The van der Waals surface area contributed by atoms with Crippen LogP contribution in [0.25, 0.3) is 0 Å². The van der Waals surface area contributed by atoms with Gasteiger partial charge in [0.15, 0.2) is 0 Å². The van der Waals surface area contributed by atoms with Crippen LogP contribution in [0.1, 0.15) is 111 Å². The molecule has 0 spiro atoms. The predicted octanol–water partition coefficient (Wildman–Crippen LogP) is 5.19. The monoisotopic (exact) mass is 950 g/mol. The van der Waals surface area contributed by atoms with Crippen molar-refractivity contribution in [1.82, 2.24) is 36.6 Å². The number of carboxylic acid groups (broad SMARTS) is 1. The van der Waals surface area contributed by atoms with Crippen LogP contribution in [-0.4, -0.2) is 127 Å². The van der Waals surface area contributed by atoms with Crippen molar-refractivity contribution in [3.05, 3.63) is 71.8 Å². The van der Waals surface area contributed by atoms with E-state index in [-0.39, 0.29) is 42.4 Å². The molecule has 1 aliphatic rings. The lowest BCUT2D eigenvalue weighted by atomic mass is 9.74. The van der Waals surface area contributed by atoms with Gasteiger partial charge in [0, 0.05) is 45.8 Å². The molecule has 10 atom stereocenters. The van der Waals surface area contributed by atoms with Gasteiger partial charge in [-0.1, -0.05) is 124 Å². The summed E-state index contributed by atoms with van der Waals surface area (Å²) in [4.78, 5) is 98.8. The van der Waals surface area contributed by atoms with Gasteiger partial charge in [0.05, 0.1) is 42.5 Å². The lowest BCUT2D eigenvalue weighted by molar-refractivity contribution is -0.148. The van der Waals surface area contributed by atoms with Gasteiger partial charge in [-0.05, 0) is 53.7 Å². The zero-order chi connectivity index (χ0) is 51.0. The van der Waals surface area contributed by atoms with Crippen molar-refractivity contribution >= 4 is 41.5 Å². The second-order valence-corrected chi connectivity index (χ2v) is 19.9. The van der Waals surface area contributed by atoms with Gasteiger partial charge in [0.1, 0.15) is 12.1 Å². The minimum absolute atomic E-state index is 0.0904. The summed E-state index contributed by atoms with van der Waals surface area (Å²) in [6, 6.07) is 13.7. The van der Waals surface area contributed by atoms with Crippen molar-refractivity contribution in [2.24, 2.45) is 35.0 Å². The minimum Gasteiger partial charge on any atom is -0.465 e. The number of hydrazine groups is 1. The number of rotatable bonds is 23. The third kappa shape index (κ3) is 15.5. The highest BCUT2D eigenvalue weighted by molar-refractivity contribution is 5.96. The first-order chi connectivity index (χ1) is 32.0. The van der Waals surface area contributed by atoms with Crippen LogP contribution >= 0.6 is 0 Å². The van der Waals surface area contributed by atoms with Crippen LogP contribution in [0, 0.1) is 35.0 Å². The average molecular weight is 950 g/mol. The summed E-state index contributed by atoms with van der Waals surface area (Å²) in [5, 5.41) is 18.1. The second kappa shape index (κ2) is 26.3. The van der Waals surface area contributed by atoms with E-state index in [0.29, 0.717) is 31.4 Å². The summed E-state index contributed by atoms with van der Waals surface area (Å²) in [7, 11) is 4.65. The number of methoxy groups -OCH3 is 2. The van der Waals surface area contributed by atoms with Gasteiger partial charge in [0.2, 0.25) is 23.6 Å². The molecule has 0 aliphatic carbocycles. The third-order valence-electron chi connectivity index (χ3n) is 13.3. The highest BCUT2D eigenvalue weighted by Gasteiger charge is 2.45. The molecule has 1 fully saturated rings. The van der Waals surface area contributed by atoms with Crippen LogP contribution in [0.3, 0.4) is 0 Å². The van der Waals surface area contributed by atoms with Crippen molar-refractivity contribution < 1.29 is 48.1 Å². The van der Waals surface area contributed by atoms with Crippen LogP contribution in [0.4, 0.5) is 4.79 Å². The Kier molecular flexibility index (Phi) is 21.9. The molecule has 17 heteroatoms. The normalized spacial score (nSPS) is 17.9. The Morgan fingerprint density at radius 3 is 1.91 bits per heavy atom. The molecule has 0 saturated carbocycles. The van der Waals surface area contributed by atoms with Crippen molar-refractivity contribution in [3.63, 3.8) is 0 Å². The quantitative estimate of drug-likeness (QED) is 0.0800. The summed E-state index contributed by atoms with van der Waals surface area (Å²) < 4.78 is 12.1. The van der Waals surface area contributed by atoms with Gasteiger partial charge in [-0.2, -0.15) is 0 Å². The number of nitrogens with zero attached hydrogens (tertiary/aromatic N) is 2. The number of carbonyl (C=O) groups is 7. The number of likely N-dealkylation sites (N-methyl/N-ethyl adjacent to an activating group) is 1. The lowest BCUT2D eigenvalue weighted by Gasteiger charge is -2.42. The molecule has 1 aliphatic heterocycles. The summed E-state index contributed by atoms with van der Waals surface area (Å²) in [6.07, 6.45) is -0.867. The molecule has 68 heavy (non-hydrogen) atoms. The number of ether oxygens (including phenoxy) is 2. The molecule has 0 radical (unpaired) electrons. The Labute approximate surface area is 403 Å². The smallest absolute Gasteiger partial charge is 0.404 e. The number of benzene rings is 2. The summed E-state index contributed by atoms with van der Waals surface area (Å²) in [5.74, 6) is -5.04. The van der Waals surface area contributed by atoms with Crippen LogP contribution in [0.15, 0.2) is 60.7 Å². The highest BCUT2D eigenvalue weighted by Crippen LogP contribution is 2.32. The molecule has 1 saturated heterocycles. The van der Waals surface area contributed by atoms with Crippen LogP contribution in [0.2, 0.25) is 0 Å². The Morgan fingerprint density at radius 2 is 1.40 bits per heavy atom. The first-order valence-electron chi connectivity index (χ1n) is 23.9. The molecule has 17 nitrogen and oxygen atoms in total. The van der Waals surface area contributed by atoms with Gasteiger partial charge in [0.25, 0.3) is 11.8 Å². The van der Waals surface area contributed by atoms with E-state index in [9.17, 15) is 38.7 Å². The van der Waals surface area contributed by atoms with Crippen molar-refractivity contribution in [2.75, 3.05) is 27.8 Å². The molecule has 0 bridgehead atoms. The van der Waals surface area contributed by atoms with Crippen LogP contribution in [0.5, 0.6) is 0 Å². The fraction of sp³-hybridized carbons (Fsp3) is 0.627. The molecule has 7 amide bonds. The van der Waals surface area contributed by atoms with E-state index in [2.05, 4.69) is 26.8 Å². The second-order valence-electron chi connectivity index (χ2n) is 19.9. The van der Waals surface area contributed by atoms with E-state index in [1.54, 1.807) is 54.1 Å². The zero-order valence-electron chi connectivity index (χ0n) is 42.5. The van der Waals surface area contributed by atoms with E-state index in [0.717, 1.165) is 5.56 Å². The van der Waals surface area contributed by atoms with Crippen molar-refractivity contribution in [3.8, 4) is 0 Å². The van der Waals surface area contributed by atoms with Gasteiger partial charge in [-0.3, -0.25) is 39.6 Å². The molecule has 1 unspecified atom stereocenters. The Balaban J connectivity index is 1.83. The fourth-order valence-electron chi connectivity index (χ4n) is 9.34. The number of carbonyl (C=O) groups excluding carboxylic acids is 6. The van der Waals surface area contributed by atoms with E-state index in [1.807, 2.05) is 92.6 Å². The molecule has 3 rings (SSSR count). The molecule has 2 aromatic carbocycles. The largest absolute Gasteiger partial charge is 0.465 e. The average Bonchev–Trinajstić information content (AvgIpc) is 3.78. The highest BCUT2D eigenvalue weighted by atomic mass is 16.5. The van der Waals surface area contributed by atoms with E-state index < -0.39 is 89.4 Å². The van der Waals surface area contributed by atoms with Gasteiger partial charge in [-0.25, -0.2) is 4.79 Å². The number of amides is 7. The molecule has 2 aromatic rings. The number of hydrogen-bond donors (Lipinski definition) is 6. The minimum atomic E-state index is -1.24. The van der Waals surface area contributed by atoms with E-state index in [1.165, 1.54) is 14.2 Å². The van der Waals surface area contributed by atoms with E-state index >= 15 is 0 Å². The third-order valence-corrected chi connectivity index (χ3v) is 13.3. The Hall–Kier alpha value is -5.55. The van der Waals surface area contributed by atoms with Crippen LogP contribution in [-0.2, 0) is 39.9 Å². The molecular weight excluding hydrogens is 871 g/mol. The number of likely N-dealkylation sites (tertiary alicyclic amines) is 1. The maximum absolute atomic E-state index is 14.6. The SMILES string of the molecule is CC[C@H](C)[C@@H]([C@@H](CC(=O)N1CCC[C@H]1[C@H](OC)[C@@H](C)C(=O)N[C@@H](Cc1ccccc1)C(=O)NNC(=O)c1ccccc1)OC)N(C)C(=O)[C@@H](NC(=O)[C@@H](C(C)C)C(NC(=O)O)C(C)(C)C)C(C)C. The summed E-state index contributed by atoms with van der Waals surface area (Å²) in [5.41, 5.74) is 5.40. The first kappa shape index (κ1) is 56.8. The summed E-state index contributed by atoms with van der Waals surface area (Å²) in [6.45, 7) is 19.0. The zero-order valence-corrected chi connectivity index (χ0v) is 42.5. The molecule has 1 heterocycles. The number of nitrogens with one attached hydrogen (secondary N) is 5. The summed E-state index contributed by atoms with van der Waals surface area (Å²) >= 11 is 0. The first-order valence-corrected chi connectivity index (χ1v) is 23.9. The lowest BCUT2D eigenvalue weighted by Crippen LogP contribution is -2.60. The van der Waals surface area contributed by atoms with Crippen LogP contribution < -0.4 is 26.8 Å². The van der Waals surface area contributed by atoms with Gasteiger partial charge in [-0.15, -0.1) is 0 Å².